The topological polar surface area (TPSA) is 78.9 Å². The molecule has 6 nitrogen and oxygen atoms in total. The van der Waals surface area contributed by atoms with Gasteiger partial charge in [0.2, 0.25) is 0 Å². The molecule has 0 unspecified atom stereocenters. The fourth-order valence-corrected chi connectivity index (χ4v) is 1.96. The maximum atomic E-state index is 11.5. The number of anilines is 3. The van der Waals surface area contributed by atoms with Crippen LogP contribution in [0.3, 0.4) is 0 Å². The molecule has 0 aliphatic heterocycles. The number of amides is 2. The summed E-state index contributed by atoms with van der Waals surface area (Å²) in [7, 11) is 0. The number of carbonyl (C=O) groups excluding carboxylic acids is 1. The number of hydrogen-bond donors (Lipinski definition) is 3. The standard InChI is InChI=1S/C14H16BrN5O/c1-9(2)16-14(21)18-13-8-7-12(19-20-13)17-11-6-4-3-5-10(11)15/h3-9H,1-2H3,(H,17,19)(H2,16,18,20,21). The van der Waals surface area contributed by atoms with Crippen molar-refractivity contribution in [2.45, 2.75) is 19.9 Å². The molecule has 0 saturated heterocycles. The van der Waals surface area contributed by atoms with E-state index < -0.39 is 0 Å². The number of benzene rings is 1. The molecule has 0 bridgehead atoms. The predicted molar refractivity (Wildman–Crippen MR) is 86.7 cm³/mol. The Morgan fingerprint density at radius 1 is 1.10 bits per heavy atom. The molecule has 1 aromatic carbocycles. The molecule has 1 heterocycles. The van der Waals surface area contributed by atoms with Crippen LogP contribution < -0.4 is 16.0 Å². The van der Waals surface area contributed by atoms with E-state index in [1.165, 1.54) is 0 Å². The molecule has 0 atom stereocenters. The quantitative estimate of drug-likeness (QED) is 0.788. The van der Waals surface area contributed by atoms with Gasteiger partial charge in [-0.05, 0) is 54.0 Å². The second-order valence-electron chi connectivity index (χ2n) is 4.66. The molecule has 2 amide bonds. The number of halogens is 1. The minimum atomic E-state index is -0.300. The summed E-state index contributed by atoms with van der Waals surface area (Å²) in [4.78, 5) is 11.5. The van der Waals surface area contributed by atoms with Gasteiger partial charge in [-0.2, -0.15) is 0 Å². The third-order valence-electron chi connectivity index (χ3n) is 2.46. The van der Waals surface area contributed by atoms with Crippen LogP contribution in [0.4, 0.5) is 22.1 Å². The van der Waals surface area contributed by atoms with Gasteiger partial charge in [0.15, 0.2) is 11.6 Å². The van der Waals surface area contributed by atoms with Gasteiger partial charge in [-0.3, -0.25) is 5.32 Å². The molecule has 0 aliphatic rings. The number of para-hydroxylation sites is 1. The van der Waals surface area contributed by atoms with Crippen molar-refractivity contribution in [1.82, 2.24) is 15.5 Å². The predicted octanol–water partition coefficient (Wildman–Crippen LogP) is 3.51. The lowest BCUT2D eigenvalue weighted by Gasteiger charge is -2.10. The molecule has 7 heteroatoms. The lowest BCUT2D eigenvalue weighted by Crippen LogP contribution is -2.34. The molecule has 0 spiro atoms. The van der Waals surface area contributed by atoms with Crippen molar-refractivity contribution in [3.8, 4) is 0 Å². The highest BCUT2D eigenvalue weighted by Crippen LogP contribution is 2.24. The Bertz CT molecular complexity index is 615. The fraction of sp³-hybridized carbons (Fsp3) is 0.214. The summed E-state index contributed by atoms with van der Waals surface area (Å²) in [5.74, 6) is 0.988. The second kappa shape index (κ2) is 7.03. The molecule has 0 aliphatic carbocycles. The van der Waals surface area contributed by atoms with E-state index in [0.717, 1.165) is 10.2 Å². The Morgan fingerprint density at radius 3 is 2.38 bits per heavy atom. The van der Waals surface area contributed by atoms with Gasteiger partial charge >= 0.3 is 6.03 Å². The minimum absolute atomic E-state index is 0.0642. The Balaban J connectivity index is 1.99. The van der Waals surface area contributed by atoms with E-state index in [1.807, 2.05) is 38.1 Å². The Labute approximate surface area is 131 Å². The molecule has 2 aromatic rings. The van der Waals surface area contributed by atoms with E-state index in [1.54, 1.807) is 12.1 Å². The van der Waals surface area contributed by atoms with Crippen molar-refractivity contribution in [3.63, 3.8) is 0 Å². The van der Waals surface area contributed by atoms with Crippen LogP contribution in [0.15, 0.2) is 40.9 Å². The lowest BCUT2D eigenvalue weighted by molar-refractivity contribution is 0.250. The largest absolute Gasteiger partial charge is 0.338 e. The average molecular weight is 350 g/mol. The van der Waals surface area contributed by atoms with Crippen LogP contribution in [0, 0.1) is 0 Å². The van der Waals surface area contributed by atoms with E-state index in [0.29, 0.717) is 11.6 Å². The average Bonchev–Trinajstić information content (AvgIpc) is 2.42. The first kappa shape index (κ1) is 15.2. The summed E-state index contributed by atoms with van der Waals surface area (Å²) in [5.41, 5.74) is 0.894. The smallest absolute Gasteiger partial charge is 0.320 e. The highest BCUT2D eigenvalue weighted by molar-refractivity contribution is 9.10. The first-order chi connectivity index (χ1) is 10.0. The summed E-state index contributed by atoms with van der Waals surface area (Å²) in [6.07, 6.45) is 0. The van der Waals surface area contributed by atoms with Crippen LogP contribution in [-0.2, 0) is 0 Å². The summed E-state index contributed by atoms with van der Waals surface area (Å²) in [6.45, 7) is 3.77. The Morgan fingerprint density at radius 2 is 1.76 bits per heavy atom. The normalized spacial score (nSPS) is 10.3. The molecule has 2 rings (SSSR count). The zero-order valence-corrected chi connectivity index (χ0v) is 13.3. The maximum absolute atomic E-state index is 11.5. The number of rotatable bonds is 4. The first-order valence-corrected chi connectivity index (χ1v) is 7.26. The molecule has 21 heavy (non-hydrogen) atoms. The molecule has 0 fully saturated rings. The highest BCUT2D eigenvalue weighted by atomic mass is 79.9. The number of hydrogen-bond acceptors (Lipinski definition) is 4. The van der Waals surface area contributed by atoms with Gasteiger partial charge in [-0.15, -0.1) is 10.2 Å². The van der Waals surface area contributed by atoms with Gasteiger partial charge in [-0.1, -0.05) is 12.1 Å². The third kappa shape index (κ3) is 4.71. The van der Waals surface area contributed by atoms with E-state index in [4.69, 9.17) is 0 Å². The fourth-order valence-electron chi connectivity index (χ4n) is 1.58. The minimum Gasteiger partial charge on any atom is -0.338 e. The van der Waals surface area contributed by atoms with Crippen molar-refractivity contribution >= 4 is 39.3 Å². The van der Waals surface area contributed by atoms with E-state index in [2.05, 4.69) is 42.1 Å². The van der Waals surface area contributed by atoms with Crippen molar-refractivity contribution in [1.29, 1.82) is 0 Å². The van der Waals surface area contributed by atoms with Gasteiger partial charge in [0.25, 0.3) is 0 Å². The zero-order valence-electron chi connectivity index (χ0n) is 11.7. The number of nitrogens with zero attached hydrogens (tertiary/aromatic N) is 2. The summed E-state index contributed by atoms with van der Waals surface area (Å²) in [5, 5.41) is 16.4. The SMILES string of the molecule is CC(C)NC(=O)Nc1ccc(Nc2ccccc2Br)nn1. The Hall–Kier alpha value is -2.15. The van der Waals surface area contributed by atoms with Gasteiger partial charge in [0, 0.05) is 10.5 Å². The molecular formula is C14H16BrN5O. The summed E-state index contributed by atoms with van der Waals surface area (Å²) in [6, 6.07) is 10.9. The molecular weight excluding hydrogens is 334 g/mol. The number of nitrogens with one attached hydrogen (secondary N) is 3. The van der Waals surface area contributed by atoms with Crippen LogP contribution in [0.2, 0.25) is 0 Å². The van der Waals surface area contributed by atoms with Crippen molar-refractivity contribution in [2.24, 2.45) is 0 Å². The molecule has 0 radical (unpaired) electrons. The van der Waals surface area contributed by atoms with Crippen molar-refractivity contribution in [2.75, 3.05) is 10.6 Å². The van der Waals surface area contributed by atoms with Crippen LogP contribution in [0.5, 0.6) is 0 Å². The lowest BCUT2D eigenvalue weighted by atomic mass is 10.3. The van der Waals surface area contributed by atoms with E-state index >= 15 is 0 Å². The monoisotopic (exact) mass is 349 g/mol. The number of aromatic nitrogens is 2. The Kier molecular flexibility index (Phi) is 5.10. The van der Waals surface area contributed by atoms with Gasteiger partial charge < -0.3 is 10.6 Å². The van der Waals surface area contributed by atoms with Gasteiger partial charge in [0.05, 0.1) is 5.69 Å². The zero-order chi connectivity index (χ0) is 15.2. The van der Waals surface area contributed by atoms with Crippen LogP contribution in [-0.4, -0.2) is 22.3 Å². The van der Waals surface area contributed by atoms with Crippen molar-refractivity contribution < 1.29 is 4.79 Å². The summed E-state index contributed by atoms with van der Waals surface area (Å²) >= 11 is 3.45. The van der Waals surface area contributed by atoms with Crippen molar-refractivity contribution in [3.05, 3.63) is 40.9 Å². The van der Waals surface area contributed by atoms with E-state index in [9.17, 15) is 4.79 Å². The van der Waals surface area contributed by atoms with Crippen LogP contribution in [0.25, 0.3) is 0 Å². The third-order valence-corrected chi connectivity index (χ3v) is 3.15. The molecule has 0 saturated carbocycles. The summed E-state index contributed by atoms with van der Waals surface area (Å²) < 4.78 is 0.935. The highest BCUT2D eigenvalue weighted by Gasteiger charge is 2.05. The molecule has 110 valence electrons. The second-order valence-corrected chi connectivity index (χ2v) is 5.52. The molecule has 3 N–H and O–H groups in total. The number of carbonyl (C=O) groups is 1. The number of urea groups is 1. The van der Waals surface area contributed by atoms with Gasteiger partial charge in [-0.25, -0.2) is 4.79 Å². The van der Waals surface area contributed by atoms with Crippen LogP contribution >= 0.6 is 15.9 Å². The van der Waals surface area contributed by atoms with Gasteiger partial charge in [0.1, 0.15) is 0 Å². The van der Waals surface area contributed by atoms with Crippen LogP contribution in [0.1, 0.15) is 13.8 Å². The van der Waals surface area contributed by atoms with E-state index in [-0.39, 0.29) is 12.1 Å². The maximum Gasteiger partial charge on any atom is 0.320 e. The first-order valence-electron chi connectivity index (χ1n) is 6.47. The molecule has 1 aromatic heterocycles.